The molecule has 6 nitrogen and oxygen atoms in total. The third-order valence-electron chi connectivity index (χ3n) is 5.14. The average molecular weight is 425 g/mol. The molecule has 1 aromatic heterocycles. The Morgan fingerprint density at radius 2 is 1.70 bits per heavy atom. The van der Waals surface area contributed by atoms with Crippen LogP contribution in [0, 0.1) is 13.8 Å². The smallest absolute Gasteiger partial charge is 0.243 e. The fraction of sp³-hybridized carbons (Fsp3) is 0.348. The van der Waals surface area contributed by atoms with Crippen molar-refractivity contribution in [3.8, 4) is 0 Å². The van der Waals surface area contributed by atoms with Gasteiger partial charge in [-0.25, -0.2) is 13.4 Å². The number of benzene rings is 2. The summed E-state index contributed by atoms with van der Waals surface area (Å²) in [6.07, 6.45) is 2.77. The van der Waals surface area contributed by atoms with E-state index >= 15 is 0 Å². The van der Waals surface area contributed by atoms with Crippen LogP contribution in [0.4, 0.5) is 5.95 Å². The fourth-order valence-electron chi connectivity index (χ4n) is 3.54. The summed E-state index contributed by atoms with van der Waals surface area (Å²) < 4.78 is 24.2. The second kappa shape index (κ2) is 8.92. The summed E-state index contributed by atoms with van der Waals surface area (Å²) in [5, 5.41) is 12.0. The zero-order chi connectivity index (χ0) is 21.9. The number of nitrogens with zero attached hydrogens (tertiary/aromatic N) is 3. The van der Waals surface area contributed by atoms with Crippen molar-refractivity contribution in [1.82, 2.24) is 15.2 Å². The lowest BCUT2D eigenvalue weighted by molar-refractivity contribution is 0.601. The molecule has 0 aliphatic carbocycles. The molecule has 3 rings (SSSR count). The van der Waals surface area contributed by atoms with Gasteiger partial charge in [-0.2, -0.15) is 5.10 Å². The number of hydrogen-bond donors (Lipinski definition) is 1. The van der Waals surface area contributed by atoms with E-state index in [1.807, 2.05) is 39.8 Å². The molecule has 3 aromatic rings. The Balaban J connectivity index is 2.11. The van der Waals surface area contributed by atoms with Gasteiger partial charge in [0.25, 0.3) is 0 Å². The monoisotopic (exact) mass is 424 g/mol. The highest BCUT2D eigenvalue weighted by molar-refractivity contribution is 7.90. The largest absolute Gasteiger partial charge is 0.342 e. The molecule has 0 aliphatic rings. The van der Waals surface area contributed by atoms with Crippen molar-refractivity contribution in [2.24, 2.45) is 0 Å². The minimum atomic E-state index is -3.32. The second-order valence-electron chi connectivity index (χ2n) is 7.52. The van der Waals surface area contributed by atoms with Crippen molar-refractivity contribution >= 4 is 15.8 Å². The third-order valence-corrected chi connectivity index (χ3v) is 6.25. The van der Waals surface area contributed by atoms with Crippen molar-refractivity contribution in [3.63, 3.8) is 0 Å². The predicted molar refractivity (Wildman–Crippen MR) is 120 cm³/mol. The van der Waals surface area contributed by atoms with Gasteiger partial charge in [-0.1, -0.05) is 49.7 Å². The summed E-state index contributed by atoms with van der Waals surface area (Å²) in [6.45, 7) is 8.18. The Hall–Kier alpha value is -2.80. The van der Waals surface area contributed by atoms with Crippen molar-refractivity contribution in [2.75, 3.05) is 11.6 Å². The molecule has 158 valence electrons. The molecule has 0 amide bonds. The third kappa shape index (κ3) is 4.84. The first kappa shape index (κ1) is 21.9. The summed E-state index contributed by atoms with van der Waals surface area (Å²) in [5.41, 5.74) is 5.94. The van der Waals surface area contributed by atoms with E-state index in [-0.39, 0.29) is 10.9 Å². The highest BCUT2D eigenvalue weighted by Crippen LogP contribution is 2.30. The molecule has 2 aromatic carbocycles. The molecule has 0 spiro atoms. The molecule has 1 N–H and O–H groups in total. The van der Waals surface area contributed by atoms with Crippen LogP contribution >= 0.6 is 0 Å². The molecule has 30 heavy (non-hydrogen) atoms. The lowest BCUT2D eigenvalue weighted by Gasteiger charge is -2.22. The predicted octanol–water partition coefficient (Wildman–Crippen LogP) is 4.22. The number of aryl methyl sites for hydroxylation is 4. The number of hydrogen-bond acceptors (Lipinski definition) is 6. The molecule has 1 atom stereocenters. The zero-order valence-electron chi connectivity index (χ0n) is 18.1. The number of aromatic nitrogens is 3. The molecule has 1 unspecified atom stereocenters. The maximum absolute atomic E-state index is 12.1. The first-order valence-electron chi connectivity index (χ1n) is 10.1. The molecule has 0 bridgehead atoms. The van der Waals surface area contributed by atoms with Gasteiger partial charge in [0.05, 0.1) is 22.3 Å². The van der Waals surface area contributed by atoms with E-state index in [9.17, 15) is 8.42 Å². The zero-order valence-corrected chi connectivity index (χ0v) is 18.9. The maximum Gasteiger partial charge on any atom is 0.243 e. The summed E-state index contributed by atoms with van der Waals surface area (Å²) in [7, 11) is -3.32. The Bertz CT molecular complexity index is 1160. The van der Waals surface area contributed by atoms with Crippen LogP contribution in [-0.4, -0.2) is 29.9 Å². The number of nitrogens with one attached hydrogen (secondary N) is 1. The van der Waals surface area contributed by atoms with Gasteiger partial charge in [-0.15, -0.1) is 5.10 Å². The minimum absolute atomic E-state index is 0.284. The van der Waals surface area contributed by atoms with Crippen molar-refractivity contribution in [3.05, 3.63) is 76.1 Å². The van der Waals surface area contributed by atoms with Gasteiger partial charge >= 0.3 is 0 Å². The lowest BCUT2D eigenvalue weighted by atomic mass is 9.94. The first-order chi connectivity index (χ1) is 14.2. The molecule has 1 heterocycles. The lowest BCUT2D eigenvalue weighted by Crippen LogP contribution is -2.18. The van der Waals surface area contributed by atoms with Gasteiger partial charge in [0.2, 0.25) is 5.95 Å². The summed E-state index contributed by atoms with van der Waals surface area (Å²) >= 11 is 0. The number of sulfone groups is 1. The SMILES string of the molecule is CCc1nnc(NC(c2cccc(S(C)(=O)=O)c2)c2ccc(C)cc2C)nc1CC. The average Bonchev–Trinajstić information content (AvgIpc) is 2.72. The highest BCUT2D eigenvalue weighted by atomic mass is 32.2. The van der Waals surface area contributed by atoms with Crippen LogP contribution < -0.4 is 5.32 Å². The maximum atomic E-state index is 12.1. The number of rotatable bonds is 7. The van der Waals surface area contributed by atoms with E-state index in [4.69, 9.17) is 0 Å². The van der Waals surface area contributed by atoms with E-state index in [0.717, 1.165) is 40.9 Å². The van der Waals surface area contributed by atoms with Crippen LogP contribution in [0.1, 0.15) is 53.5 Å². The molecule has 0 radical (unpaired) electrons. The molecule has 0 aliphatic heterocycles. The van der Waals surface area contributed by atoms with Crippen LogP contribution in [0.2, 0.25) is 0 Å². The van der Waals surface area contributed by atoms with Crippen molar-refractivity contribution < 1.29 is 8.42 Å². The normalized spacial score (nSPS) is 12.6. The van der Waals surface area contributed by atoms with Crippen molar-refractivity contribution in [1.29, 1.82) is 0 Å². The fourth-order valence-corrected chi connectivity index (χ4v) is 4.22. The number of anilines is 1. The minimum Gasteiger partial charge on any atom is -0.342 e. The molecule has 0 saturated heterocycles. The van der Waals surface area contributed by atoms with Crippen LogP contribution in [0.15, 0.2) is 47.4 Å². The van der Waals surface area contributed by atoms with Gasteiger partial charge in [-0.3, -0.25) is 0 Å². The second-order valence-corrected chi connectivity index (χ2v) is 9.53. The van der Waals surface area contributed by atoms with Gasteiger partial charge in [0, 0.05) is 6.26 Å². The van der Waals surface area contributed by atoms with Crippen LogP contribution in [-0.2, 0) is 22.7 Å². The van der Waals surface area contributed by atoms with Crippen molar-refractivity contribution in [2.45, 2.75) is 51.5 Å². The Morgan fingerprint density at radius 1 is 0.967 bits per heavy atom. The Labute approximate surface area is 178 Å². The van der Waals surface area contributed by atoms with Gasteiger partial charge in [0.1, 0.15) is 0 Å². The van der Waals surface area contributed by atoms with E-state index < -0.39 is 9.84 Å². The van der Waals surface area contributed by atoms with E-state index in [1.54, 1.807) is 18.2 Å². The van der Waals surface area contributed by atoms with Gasteiger partial charge < -0.3 is 5.32 Å². The molecular weight excluding hydrogens is 396 g/mol. The van der Waals surface area contributed by atoms with E-state index in [1.165, 1.54) is 11.8 Å². The molecule has 0 fully saturated rings. The highest BCUT2D eigenvalue weighted by Gasteiger charge is 2.20. The topological polar surface area (TPSA) is 84.8 Å². The molecule has 0 saturated carbocycles. The first-order valence-corrected chi connectivity index (χ1v) is 12.0. The van der Waals surface area contributed by atoms with Gasteiger partial charge in [-0.05, 0) is 55.5 Å². The van der Waals surface area contributed by atoms with E-state index in [0.29, 0.717) is 5.95 Å². The standard InChI is InChI=1S/C23H28N4O2S/c1-6-20-21(7-2)26-27-23(24-20)25-22(19-12-11-15(3)13-16(19)4)17-9-8-10-18(14-17)30(5,28)29/h8-14,22H,6-7H2,1-5H3,(H,24,25,27). The summed E-state index contributed by atoms with van der Waals surface area (Å²) in [5.74, 6) is 0.429. The Kier molecular flexibility index (Phi) is 6.51. The van der Waals surface area contributed by atoms with Crippen LogP contribution in [0.25, 0.3) is 0 Å². The Morgan fingerprint density at radius 3 is 2.33 bits per heavy atom. The van der Waals surface area contributed by atoms with Crippen LogP contribution in [0.3, 0.4) is 0 Å². The van der Waals surface area contributed by atoms with Gasteiger partial charge in [0.15, 0.2) is 9.84 Å². The summed E-state index contributed by atoms with van der Waals surface area (Å²) in [4.78, 5) is 4.95. The molecule has 7 heteroatoms. The van der Waals surface area contributed by atoms with Crippen LogP contribution in [0.5, 0.6) is 0 Å². The molecular formula is C23H28N4O2S. The summed E-state index contributed by atoms with van der Waals surface area (Å²) in [6, 6.07) is 12.9. The quantitative estimate of drug-likeness (QED) is 0.611. The van der Waals surface area contributed by atoms with E-state index in [2.05, 4.69) is 32.6 Å².